The Morgan fingerprint density at radius 3 is 2.14 bits per heavy atom. The molecule has 0 bridgehead atoms. The topological polar surface area (TPSA) is 23.6 Å². The molecular formula is C11H24N2O. The third-order valence-corrected chi connectivity index (χ3v) is 2.32. The van der Waals surface area contributed by atoms with E-state index in [-0.39, 0.29) is 6.03 Å². The first-order chi connectivity index (χ1) is 6.63. The summed E-state index contributed by atoms with van der Waals surface area (Å²) in [6.07, 6.45) is 4.87. The summed E-state index contributed by atoms with van der Waals surface area (Å²) in [7, 11) is 3.61. The number of carbonyl (C=O) groups excluding carboxylic acids is 1. The van der Waals surface area contributed by atoms with Gasteiger partial charge >= 0.3 is 6.03 Å². The van der Waals surface area contributed by atoms with Crippen LogP contribution in [-0.2, 0) is 0 Å². The molecule has 0 saturated carbocycles. The van der Waals surface area contributed by atoms with E-state index in [2.05, 4.69) is 6.92 Å². The molecule has 84 valence electrons. The zero-order valence-corrected chi connectivity index (χ0v) is 10.0. The van der Waals surface area contributed by atoms with Crippen molar-refractivity contribution in [2.75, 3.05) is 27.2 Å². The first-order valence-corrected chi connectivity index (χ1v) is 5.59. The Balaban J connectivity index is 3.73. The number of nitrogens with zero attached hydrogens (tertiary/aromatic N) is 2. The second-order valence-electron chi connectivity index (χ2n) is 3.82. The first kappa shape index (κ1) is 13.3. The maximum absolute atomic E-state index is 11.6. The van der Waals surface area contributed by atoms with E-state index in [0.717, 1.165) is 19.5 Å². The molecule has 14 heavy (non-hydrogen) atoms. The predicted octanol–water partition coefficient (Wildman–Crippen LogP) is 2.57. The number of unbranched alkanes of at least 4 members (excludes halogenated alkanes) is 3. The van der Waals surface area contributed by atoms with Crippen molar-refractivity contribution in [3.63, 3.8) is 0 Å². The minimum Gasteiger partial charge on any atom is -0.331 e. The lowest BCUT2D eigenvalue weighted by Crippen LogP contribution is -2.39. The highest BCUT2D eigenvalue weighted by Gasteiger charge is 2.11. The molecule has 0 spiro atoms. The standard InChI is InChI=1S/C11H24N2O/c1-5-7-8-9-10-13(6-2)11(14)12(3)4/h5-10H2,1-4H3. The largest absolute Gasteiger partial charge is 0.331 e. The molecule has 0 radical (unpaired) electrons. The number of urea groups is 1. The van der Waals surface area contributed by atoms with Gasteiger partial charge in [-0.2, -0.15) is 0 Å². The van der Waals surface area contributed by atoms with E-state index in [1.54, 1.807) is 19.0 Å². The summed E-state index contributed by atoms with van der Waals surface area (Å²) in [5, 5.41) is 0. The Morgan fingerprint density at radius 2 is 1.71 bits per heavy atom. The second kappa shape index (κ2) is 7.65. The van der Waals surface area contributed by atoms with Gasteiger partial charge in [-0.3, -0.25) is 0 Å². The molecule has 3 nitrogen and oxygen atoms in total. The van der Waals surface area contributed by atoms with Crippen LogP contribution >= 0.6 is 0 Å². The predicted molar refractivity (Wildman–Crippen MR) is 60.5 cm³/mol. The van der Waals surface area contributed by atoms with Crippen molar-refractivity contribution in [1.82, 2.24) is 9.80 Å². The molecular weight excluding hydrogens is 176 g/mol. The molecule has 0 unspecified atom stereocenters. The van der Waals surface area contributed by atoms with Gasteiger partial charge in [0.05, 0.1) is 0 Å². The van der Waals surface area contributed by atoms with E-state index in [1.165, 1.54) is 19.3 Å². The Morgan fingerprint density at radius 1 is 1.07 bits per heavy atom. The quantitative estimate of drug-likeness (QED) is 0.604. The van der Waals surface area contributed by atoms with Crippen LogP contribution in [0.3, 0.4) is 0 Å². The third-order valence-electron chi connectivity index (χ3n) is 2.32. The van der Waals surface area contributed by atoms with Crippen LogP contribution in [-0.4, -0.2) is 43.0 Å². The average Bonchev–Trinajstić information content (AvgIpc) is 2.17. The molecule has 0 aromatic carbocycles. The monoisotopic (exact) mass is 200 g/mol. The van der Waals surface area contributed by atoms with Crippen LogP contribution in [0.5, 0.6) is 0 Å². The molecule has 0 aliphatic carbocycles. The number of carbonyl (C=O) groups is 1. The molecule has 0 heterocycles. The fraction of sp³-hybridized carbons (Fsp3) is 0.909. The molecule has 2 amide bonds. The minimum absolute atomic E-state index is 0.129. The summed E-state index contributed by atoms with van der Waals surface area (Å²) in [5.41, 5.74) is 0. The first-order valence-electron chi connectivity index (χ1n) is 5.59. The molecule has 3 heteroatoms. The van der Waals surface area contributed by atoms with Gasteiger partial charge < -0.3 is 9.80 Å². The van der Waals surface area contributed by atoms with Gasteiger partial charge in [0.2, 0.25) is 0 Å². The number of hydrogen-bond donors (Lipinski definition) is 0. The van der Waals surface area contributed by atoms with E-state index >= 15 is 0 Å². The lowest BCUT2D eigenvalue weighted by atomic mass is 10.2. The van der Waals surface area contributed by atoms with Gasteiger partial charge in [0.15, 0.2) is 0 Å². The van der Waals surface area contributed by atoms with Crippen LogP contribution < -0.4 is 0 Å². The van der Waals surface area contributed by atoms with Crippen LogP contribution in [0.25, 0.3) is 0 Å². The van der Waals surface area contributed by atoms with Crippen LogP contribution in [0.4, 0.5) is 4.79 Å². The SMILES string of the molecule is CCCCCCN(CC)C(=O)N(C)C. The Kier molecular flexibility index (Phi) is 7.25. The number of hydrogen-bond acceptors (Lipinski definition) is 1. The number of rotatable bonds is 6. The van der Waals surface area contributed by atoms with Gasteiger partial charge in [0.1, 0.15) is 0 Å². The Labute approximate surface area is 88.1 Å². The van der Waals surface area contributed by atoms with Gasteiger partial charge in [0, 0.05) is 27.2 Å². The molecule has 0 aliphatic heterocycles. The molecule has 0 aliphatic rings. The van der Waals surface area contributed by atoms with Crippen LogP contribution in [0.2, 0.25) is 0 Å². The summed E-state index contributed by atoms with van der Waals surface area (Å²) in [5.74, 6) is 0. The van der Waals surface area contributed by atoms with E-state index in [4.69, 9.17) is 0 Å². The van der Waals surface area contributed by atoms with Gasteiger partial charge in [-0.05, 0) is 13.3 Å². The summed E-state index contributed by atoms with van der Waals surface area (Å²) >= 11 is 0. The highest BCUT2D eigenvalue weighted by molar-refractivity contribution is 5.73. The van der Waals surface area contributed by atoms with Gasteiger partial charge in [-0.25, -0.2) is 4.79 Å². The fourth-order valence-corrected chi connectivity index (χ4v) is 1.40. The molecule has 0 saturated heterocycles. The van der Waals surface area contributed by atoms with Crippen molar-refractivity contribution in [3.8, 4) is 0 Å². The van der Waals surface area contributed by atoms with Crippen LogP contribution in [0, 0.1) is 0 Å². The fourth-order valence-electron chi connectivity index (χ4n) is 1.40. The van der Waals surface area contributed by atoms with E-state index in [1.807, 2.05) is 11.8 Å². The summed E-state index contributed by atoms with van der Waals surface area (Å²) < 4.78 is 0. The van der Waals surface area contributed by atoms with Crippen molar-refractivity contribution >= 4 is 6.03 Å². The zero-order chi connectivity index (χ0) is 11.0. The Bertz CT molecular complexity index is 157. The molecule has 0 atom stereocenters. The maximum Gasteiger partial charge on any atom is 0.319 e. The van der Waals surface area contributed by atoms with Crippen LogP contribution in [0.15, 0.2) is 0 Å². The van der Waals surface area contributed by atoms with E-state index in [0.29, 0.717) is 0 Å². The summed E-state index contributed by atoms with van der Waals surface area (Å²) in [6, 6.07) is 0.129. The van der Waals surface area contributed by atoms with Crippen molar-refractivity contribution in [3.05, 3.63) is 0 Å². The molecule has 0 aromatic rings. The van der Waals surface area contributed by atoms with Crippen molar-refractivity contribution in [2.45, 2.75) is 39.5 Å². The van der Waals surface area contributed by atoms with E-state index < -0.39 is 0 Å². The molecule has 0 aromatic heterocycles. The Hall–Kier alpha value is -0.730. The minimum atomic E-state index is 0.129. The highest BCUT2D eigenvalue weighted by atomic mass is 16.2. The lowest BCUT2D eigenvalue weighted by Gasteiger charge is -2.24. The lowest BCUT2D eigenvalue weighted by molar-refractivity contribution is 0.172. The number of amides is 2. The normalized spacial score (nSPS) is 10.0. The average molecular weight is 200 g/mol. The zero-order valence-electron chi connectivity index (χ0n) is 10.0. The van der Waals surface area contributed by atoms with Gasteiger partial charge in [0.25, 0.3) is 0 Å². The van der Waals surface area contributed by atoms with E-state index in [9.17, 15) is 4.79 Å². The second-order valence-corrected chi connectivity index (χ2v) is 3.82. The van der Waals surface area contributed by atoms with Gasteiger partial charge in [-0.15, -0.1) is 0 Å². The maximum atomic E-state index is 11.6. The summed E-state index contributed by atoms with van der Waals surface area (Å²) in [4.78, 5) is 15.1. The molecule has 0 N–H and O–H groups in total. The highest BCUT2D eigenvalue weighted by Crippen LogP contribution is 2.02. The van der Waals surface area contributed by atoms with Crippen LogP contribution in [0.1, 0.15) is 39.5 Å². The van der Waals surface area contributed by atoms with Crippen molar-refractivity contribution in [1.29, 1.82) is 0 Å². The molecule has 0 fully saturated rings. The smallest absolute Gasteiger partial charge is 0.319 e. The molecule has 0 rings (SSSR count). The van der Waals surface area contributed by atoms with Crippen molar-refractivity contribution < 1.29 is 4.79 Å². The third kappa shape index (κ3) is 5.10. The van der Waals surface area contributed by atoms with Gasteiger partial charge in [-0.1, -0.05) is 26.2 Å². The summed E-state index contributed by atoms with van der Waals surface area (Å²) in [6.45, 7) is 5.93. The van der Waals surface area contributed by atoms with Crippen molar-refractivity contribution in [2.24, 2.45) is 0 Å².